The number of amides is 1. The molecule has 1 amide bonds. The highest BCUT2D eigenvalue weighted by atomic mass is 35.5. The monoisotopic (exact) mass is 528 g/mol. The van der Waals surface area contributed by atoms with Crippen LogP contribution in [0.2, 0.25) is 10.0 Å². The highest BCUT2D eigenvalue weighted by Gasteiger charge is 2.29. The van der Waals surface area contributed by atoms with Crippen molar-refractivity contribution in [2.45, 2.75) is 11.8 Å². The van der Waals surface area contributed by atoms with E-state index in [2.05, 4.69) is 5.32 Å². The number of rotatable bonds is 8. The lowest BCUT2D eigenvalue weighted by Crippen LogP contribution is -2.38. The van der Waals surface area contributed by atoms with Gasteiger partial charge in [0.15, 0.2) is 0 Å². The van der Waals surface area contributed by atoms with Crippen molar-refractivity contribution in [3.63, 3.8) is 0 Å². The number of hydrogen-bond donors (Lipinski definition) is 1. The van der Waals surface area contributed by atoms with E-state index in [4.69, 9.17) is 27.9 Å². The summed E-state index contributed by atoms with van der Waals surface area (Å²) in [7, 11) is -4.16. The fourth-order valence-corrected chi connectivity index (χ4v) is 5.55. The first-order chi connectivity index (χ1) is 16.8. The largest absolute Gasteiger partial charge is 0.494 e. The van der Waals surface area contributed by atoms with Crippen LogP contribution in [-0.4, -0.2) is 27.5 Å². The minimum Gasteiger partial charge on any atom is -0.494 e. The van der Waals surface area contributed by atoms with Crippen LogP contribution in [0.1, 0.15) is 6.92 Å². The third kappa shape index (κ3) is 5.53. The van der Waals surface area contributed by atoms with Crippen LogP contribution in [0, 0.1) is 0 Å². The van der Waals surface area contributed by atoms with Crippen LogP contribution in [0.5, 0.6) is 5.75 Å². The lowest BCUT2D eigenvalue weighted by molar-refractivity contribution is -0.114. The molecule has 35 heavy (non-hydrogen) atoms. The summed E-state index contributed by atoms with van der Waals surface area (Å²) in [6, 6.07) is 23.4. The molecule has 0 atom stereocenters. The van der Waals surface area contributed by atoms with Gasteiger partial charge < -0.3 is 10.1 Å². The number of nitrogens with one attached hydrogen (secondary N) is 1. The number of carbonyl (C=O) groups excluding carboxylic acids is 1. The molecule has 0 bridgehead atoms. The molecular formula is C26H22Cl2N2O4S. The number of ether oxygens (including phenoxy) is 1. The lowest BCUT2D eigenvalue weighted by Gasteiger charge is -2.25. The Kier molecular flexibility index (Phi) is 7.50. The van der Waals surface area contributed by atoms with Gasteiger partial charge in [0.25, 0.3) is 10.0 Å². The number of halogens is 2. The van der Waals surface area contributed by atoms with Crippen LogP contribution >= 0.6 is 23.2 Å². The summed E-state index contributed by atoms with van der Waals surface area (Å²) >= 11 is 12.2. The zero-order chi connectivity index (χ0) is 25.0. The SMILES string of the molecule is CCOc1ccc(NC(=O)CN(c2ccc(Cl)c(Cl)c2)S(=O)(=O)c2cccc3ccccc23)cc1. The second kappa shape index (κ2) is 10.6. The van der Waals surface area contributed by atoms with Gasteiger partial charge in [0.1, 0.15) is 12.3 Å². The molecule has 9 heteroatoms. The van der Waals surface area contributed by atoms with Gasteiger partial charge in [-0.2, -0.15) is 0 Å². The number of fused-ring (bicyclic) bond motifs is 1. The first kappa shape index (κ1) is 24.9. The zero-order valence-corrected chi connectivity index (χ0v) is 21.1. The summed E-state index contributed by atoms with van der Waals surface area (Å²) in [5.74, 6) is 0.144. The Bertz CT molecular complexity index is 1470. The van der Waals surface area contributed by atoms with E-state index in [1.165, 1.54) is 24.3 Å². The van der Waals surface area contributed by atoms with Crippen LogP contribution < -0.4 is 14.4 Å². The van der Waals surface area contributed by atoms with Gasteiger partial charge in [-0.25, -0.2) is 8.42 Å². The van der Waals surface area contributed by atoms with E-state index in [0.29, 0.717) is 23.4 Å². The third-order valence-electron chi connectivity index (χ3n) is 5.25. The van der Waals surface area contributed by atoms with Gasteiger partial charge in [-0.15, -0.1) is 0 Å². The molecule has 0 aliphatic carbocycles. The van der Waals surface area contributed by atoms with Gasteiger partial charge in [-0.3, -0.25) is 9.10 Å². The summed E-state index contributed by atoms with van der Waals surface area (Å²) < 4.78 is 34.2. The highest BCUT2D eigenvalue weighted by molar-refractivity contribution is 7.93. The number of sulfonamides is 1. The Labute approximate surface area is 214 Å². The lowest BCUT2D eigenvalue weighted by atomic mass is 10.1. The Morgan fingerprint density at radius 1 is 0.914 bits per heavy atom. The summed E-state index contributed by atoms with van der Waals surface area (Å²) in [6.45, 7) is 1.93. The van der Waals surface area contributed by atoms with Crippen molar-refractivity contribution in [2.75, 3.05) is 22.8 Å². The fourth-order valence-electron chi connectivity index (χ4n) is 3.63. The molecule has 0 aliphatic rings. The van der Waals surface area contributed by atoms with E-state index in [-0.39, 0.29) is 20.6 Å². The molecule has 4 aromatic rings. The molecule has 0 fully saturated rings. The molecule has 0 aliphatic heterocycles. The van der Waals surface area contributed by atoms with Crippen molar-refractivity contribution in [1.82, 2.24) is 0 Å². The number of anilines is 2. The van der Waals surface area contributed by atoms with Crippen molar-refractivity contribution in [1.29, 1.82) is 0 Å². The Morgan fingerprint density at radius 2 is 1.63 bits per heavy atom. The van der Waals surface area contributed by atoms with Crippen LogP contribution in [-0.2, 0) is 14.8 Å². The minimum absolute atomic E-state index is 0.0792. The van der Waals surface area contributed by atoms with E-state index in [1.54, 1.807) is 42.5 Å². The number of carbonyl (C=O) groups is 1. The van der Waals surface area contributed by atoms with Crippen LogP contribution in [0.25, 0.3) is 10.8 Å². The van der Waals surface area contributed by atoms with Gasteiger partial charge in [-0.1, -0.05) is 59.6 Å². The maximum absolute atomic E-state index is 13.9. The first-order valence-electron chi connectivity index (χ1n) is 10.8. The standard InChI is InChI=1S/C26H22Cl2N2O4S/c1-2-34-21-13-10-19(11-14-21)29-26(31)17-30(20-12-15-23(27)24(28)16-20)35(32,33)25-9-5-7-18-6-3-4-8-22(18)25/h3-16H,2,17H2,1H3,(H,29,31). The predicted molar refractivity (Wildman–Crippen MR) is 141 cm³/mol. The zero-order valence-electron chi connectivity index (χ0n) is 18.7. The topological polar surface area (TPSA) is 75.7 Å². The maximum Gasteiger partial charge on any atom is 0.265 e. The van der Waals surface area contributed by atoms with Crippen molar-refractivity contribution in [2.24, 2.45) is 0 Å². The molecule has 0 radical (unpaired) electrons. The van der Waals surface area contributed by atoms with Crippen molar-refractivity contribution in [3.8, 4) is 5.75 Å². The number of hydrogen-bond acceptors (Lipinski definition) is 4. The van der Waals surface area contributed by atoms with E-state index in [1.807, 2.05) is 25.1 Å². The Hall–Kier alpha value is -3.26. The van der Waals surface area contributed by atoms with Gasteiger partial charge in [0.05, 0.1) is 27.2 Å². The smallest absolute Gasteiger partial charge is 0.265 e. The van der Waals surface area contributed by atoms with Crippen molar-refractivity contribution < 1.29 is 17.9 Å². The third-order valence-corrected chi connectivity index (χ3v) is 7.82. The summed E-state index contributed by atoms with van der Waals surface area (Å²) in [5.41, 5.74) is 0.726. The Balaban J connectivity index is 1.71. The summed E-state index contributed by atoms with van der Waals surface area (Å²) in [6.07, 6.45) is 0. The van der Waals surface area contributed by atoms with Gasteiger partial charge in [0, 0.05) is 11.1 Å². The maximum atomic E-state index is 13.9. The fraction of sp³-hybridized carbons (Fsp3) is 0.115. The summed E-state index contributed by atoms with van der Waals surface area (Å²) in [5, 5.41) is 4.50. The Morgan fingerprint density at radius 3 is 2.34 bits per heavy atom. The molecular weight excluding hydrogens is 507 g/mol. The first-order valence-corrected chi connectivity index (χ1v) is 13.0. The highest BCUT2D eigenvalue weighted by Crippen LogP contribution is 2.33. The second-order valence-electron chi connectivity index (χ2n) is 7.59. The molecule has 0 saturated carbocycles. The van der Waals surface area contributed by atoms with E-state index < -0.39 is 22.5 Å². The van der Waals surface area contributed by atoms with Gasteiger partial charge in [-0.05, 0) is 60.8 Å². The molecule has 4 aromatic carbocycles. The van der Waals surface area contributed by atoms with E-state index in [0.717, 1.165) is 9.69 Å². The molecule has 4 rings (SSSR count). The quantitative estimate of drug-likeness (QED) is 0.288. The number of nitrogens with zero attached hydrogens (tertiary/aromatic N) is 1. The van der Waals surface area contributed by atoms with Gasteiger partial charge in [0.2, 0.25) is 5.91 Å². The molecule has 1 N–H and O–H groups in total. The molecule has 0 spiro atoms. The molecule has 0 unspecified atom stereocenters. The minimum atomic E-state index is -4.16. The van der Waals surface area contributed by atoms with Crippen LogP contribution in [0.15, 0.2) is 89.8 Å². The molecule has 0 aromatic heterocycles. The van der Waals surface area contributed by atoms with Crippen LogP contribution in [0.4, 0.5) is 11.4 Å². The molecule has 6 nitrogen and oxygen atoms in total. The molecule has 0 heterocycles. The second-order valence-corrected chi connectivity index (χ2v) is 10.2. The van der Waals surface area contributed by atoms with E-state index in [9.17, 15) is 13.2 Å². The van der Waals surface area contributed by atoms with Gasteiger partial charge >= 0.3 is 0 Å². The average Bonchev–Trinajstić information content (AvgIpc) is 2.85. The molecule has 0 saturated heterocycles. The number of benzene rings is 4. The average molecular weight is 529 g/mol. The molecule has 180 valence electrons. The van der Waals surface area contributed by atoms with Crippen LogP contribution in [0.3, 0.4) is 0 Å². The van der Waals surface area contributed by atoms with Crippen molar-refractivity contribution >= 4 is 61.3 Å². The van der Waals surface area contributed by atoms with E-state index >= 15 is 0 Å². The van der Waals surface area contributed by atoms with Crippen molar-refractivity contribution in [3.05, 3.63) is 95.0 Å². The normalized spacial score (nSPS) is 11.3. The predicted octanol–water partition coefficient (Wildman–Crippen LogP) is 6.38. The summed E-state index contributed by atoms with van der Waals surface area (Å²) in [4.78, 5) is 13.1.